The number of carbonyl (C=O) groups excluding carboxylic acids is 1. The molecule has 1 N–H and O–H groups in total. The highest BCUT2D eigenvalue weighted by atomic mass is 16.1. The van der Waals surface area contributed by atoms with Crippen molar-refractivity contribution in [3.05, 3.63) is 42.1 Å². The van der Waals surface area contributed by atoms with E-state index in [4.69, 9.17) is 0 Å². The third-order valence-corrected chi connectivity index (χ3v) is 2.77. The number of nitrogens with zero attached hydrogens (tertiary/aromatic N) is 1. The van der Waals surface area contributed by atoms with Crippen LogP contribution in [0.5, 0.6) is 0 Å². The zero-order valence-corrected chi connectivity index (χ0v) is 9.45. The van der Waals surface area contributed by atoms with Crippen LogP contribution in [0.4, 0.5) is 0 Å². The summed E-state index contributed by atoms with van der Waals surface area (Å²) in [4.78, 5) is 11.6. The van der Waals surface area contributed by atoms with E-state index in [0.29, 0.717) is 5.69 Å². The molecule has 0 saturated carbocycles. The molecule has 0 radical (unpaired) electrons. The van der Waals surface area contributed by atoms with Crippen molar-refractivity contribution in [3.63, 3.8) is 0 Å². The van der Waals surface area contributed by atoms with Gasteiger partial charge in [0.2, 0.25) is 0 Å². The summed E-state index contributed by atoms with van der Waals surface area (Å²) in [5.41, 5.74) is 2.73. The van der Waals surface area contributed by atoms with E-state index >= 15 is 0 Å². The van der Waals surface area contributed by atoms with Gasteiger partial charge in [0.15, 0.2) is 0 Å². The Morgan fingerprint density at radius 3 is 2.88 bits per heavy atom. The molecule has 0 unspecified atom stereocenters. The highest BCUT2D eigenvalue weighted by molar-refractivity contribution is 6.00. The maximum absolute atomic E-state index is 11.6. The maximum Gasteiger partial charge on any atom is 0.267 e. The fourth-order valence-electron chi connectivity index (χ4n) is 1.96. The van der Waals surface area contributed by atoms with Gasteiger partial charge in [0.25, 0.3) is 5.91 Å². The fraction of sp³-hybridized carbons (Fsp3) is 0.154. The van der Waals surface area contributed by atoms with Crippen LogP contribution in [0.2, 0.25) is 0 Å². The van der Waals surface area contributed by atoms with Crippen molar-refractivity contribution in [2.75, 3.05) is 7.05 Å². The number of amides is 1. The Bertz CT molecular complexity index is 567. The zero-order chi connectivity index (χ0) is 11.7. The molecule has 0 atom stereocenters. The normalized spacial score (nSPS) is 10.4. The van der Waals surface area contributed by atoms with E-state index in [9.17, 15) is 4.79 Å². The smallest absolute Gasteiger partial charge is 0.267 e. The van der Waals surface area contributed by atoms with Gasteiger partial charge in [-0.15, -0.1) is 0 Å². The van der Waals surface area contributed by atoms with Crippen LogP contribution in [-0.2, 0) is 7.05 Å². The van der Waals surface area contributed by atoms with Gasteiger partial charge in [0.05, 0.1) is 5.52 Å². The number of rotatable bonds is 2. The van der Waals surface area contributed by atoms with Gasteiger partial charge in [-0.25, -0.2) is 0 Å². The summed E-state index contributed by atoms with van der Waals surface area (Å²) in [5, 5.41) is 3.69. The van der Waals surface area contributed by atoms with Crippen LogP contribution in [0, 0.1) is 0 Å². The summed E-state index contributed by atoms with van der Waals surface area (Å²) in [7, 11) is 3.52. The highest BCUT2D eigenvalue weighted by Gasteiger charge is 2.12. The van der Waals surface area contributed by atoms with Crippen LogP contribution in [0.3, 0.4) is 0 Å². The Balaban J connectivity index is 2.78. The molecule has 0 fully saturated rings. The molecule has 2 rings (SSSR count). The number of aromatic nitrogens is 1. The first kappa shape index (κ1) is 10.5. The topological polar surface area (TPSA) is 34.0 Å². The number of fused-ring (bicyclic) bond motifs is 1. The van der Waals surface area contributed by atoms with E-state index in [0.717, 1.165) is 16.5 Å². The average Bonchev–Trinajstić information content (AvgIpc) is 2.66. The number of para-hydroxylation sites is 1. The predicted molar refractivity (Wildman–Crippen MR) is 66.4 cm³/mol. The lowest BCUT2D eigenvalue weighted by Gasteiger charge is -2.04. The van der Waals surface area contributed by atoms with Gasteiger partial charge < -0.3 is 9.88 Å². The second-order valence-electron chi connectivity index (χ2n) is 3.66. The molecule has 16 heavy (non-hydrogen) atoms. The van der Waals surface area contributed by atoms with Crippen LogP contribution < -0.4 is 5.32 Å². The molecular formula is C13H14N2O. The number of aryl methyl sites for hydroxylation is 1. The molecule has 1 heterocycles. The second-order valence-corrected chi connectivity index (χ2v) is 3.66. The van der Waals surface area contributed by atoms with Gasteiger partial charge >= 0.3 is 0 Å². The molecule has 0 aliphatic carbocycles. The lowest BCUT2D eigenvalue weighted by molar-refractivity contribution is 0.0955. The molecule has 1 amide bonds. The third kappa shape index (κ3) is 1.41. The summed E-state index contributed by atoms with van der Waals surface area (Å²) in [6, 6.07) is 7.84. The van der Waals surface area contributed by atoms with Gasteiger partial charge in [-0.3, -0.25) is 4.79 Å². The SMILES string of the molecule is C=Cc1cccc2cc(C(=O)NC)n(C)c12. The van der Waals surface area contributed by atoms with E-state index in [-0.39, 0.29) is 5.91 Å². The van der Waals surface area contributed by atoms with Gasteiger partial charge in [0.1, 0.15) is 5.69 Å². The Morgan fingerprint density at radius 2 is 2.25 bits per heavy atom. The van der Waals surface area contributed by atoms with E-state index < -0.39 is 0 Å². The summed E-state index contributed by atoms with van der Waals surface area (Å²) >= 11 is 0. The Hall–Kier alpha value is -2.03. The van der Waals surface area contributed by atoms with Crippen molar-refractivity contribution in [1.29, 1.82) is 0 Å². The van der Waals surface area contributed by atoms with Gasteiger partial charge in [0, 0.05) is 19.5 Å². The van der Waals surface area contributed by atoms with Crippen LogP contribution in [0.1, 0.15) is 16.1 Å². The van der Waals surface area contributed by atoms with E-state index in [1.54, 1.807) is 13.1 Å². The first-order chi connectivity index (χ1) is 7.69. The van der Waals surface area contributed by atoms with Crippen molar-refractivity contribution in [2.24, 2.45) is 7.05 Å². The predicted octanol–water partition coefficient (Wildman–Crippen LogP) is 2.18. The minimum atomic E-state index is -0.0753. The molecule has 0 aliphatic heterocycles. The first-order valence-corrected chi connectivity index (χ1v) is 5.12. The number of benzene rings is 1. The van der Waals surface area contributed by atoms with E-state index in [1.807, 2.05) is 35.9 Å². The number of carbonyl (C=O) groups is 1. The zero-order valence-electron chi connectivity index (χ0n) is 9.45. The fourth-order valence-corrected chi connectivity index (χ4v) is 1.96. The molecule has 3 heteroatoms. The van der Waals surface area contributed by atoms with Crippen LogP contribution >= 0.6 is 0 Å². The monoisotopic (exact) mass is 214 g/mol. The minimum Gasteiger partial charge on any atom is -0.354 e. The van der Waals surface area contributed by atoms with Crippen molar-refractivity contribution in [2.45, 2.75) is 0 Å². The van der Waals surface area contributed by atoms with Gasteiger partial charge in [-0.05, 0) is 11.6 Å². The molecule has 3 nitrogen and oxygen atoms in total. The minimum absolute atomic E-state index is 0.0753. The first-order valence-electron chi connectivity index (χ1n) is 5.12. The highest BCUT2D eigenvalue weighted by Crippen LogP contribution is 2.23. The molecule has 2 aromatic rings. The maximum atomic E-state index is 11.6. The van der Waals surface area contributed by atoms with Crippen molar-refractivity contribution in [1.82, 2.24) is 9.88 Å². The third-order valence-electron chi connectivity index (χ3n) is 2.77. The molecule has 0 spiro atoms. The van der Waals surface area contributed by atoms with Crippen LogP contribution in [0.15, 0.2) is 30.8 Å². The van der Waals surface area contributed by atoms with Gasteiger partial charge in [-0.1, -0.05) is 30.9 Å². The Labute approximate surface area is 94.4 Å². The summed E-state index contributed by atoms with van der Waals surface area (Å²) in [6.45, 7) is 3.78. The molecule has 0 saturated heterocycles. The van der Waals surface area contributed by atoms with Crippen LogP contribution in [-0.4, -0.2) is 17.5 Å². The average molecular weight is 214 g/mol. The van der Waals surface area contributed by atoms with Crippen molar-refractivity contribution >= 4 is 22.9 Å². The quantitative estimate of drug-likeness (QED) is 0.816. The molecule has 82 valence electrons. The lowest BCUT2D eigenvalue weighted by Crippen LogP contribution is -2.20. The summed E-state index contributed by atoms with van der Waals surface area (Å²) < 4.78 is 1.89. The van der Waals surface area contributed by atoms with E-state index in [1.165, 1.54) is 0 Å². The number of hydrogen-bond donors (Lipinski definition) is 1. The second kappa shape index (κ2) is 3.85. The Morgan fingerprint density at radius 1 is 1.50 bits per heavy atom. The number of hydrogen-bond acceptors (Lipinski definition) is 1. The van der Waals surface area contributed by atoms with E-state index in [2.05, 4.69) is 11.9 Å². The molecule has 1 aromatic carbocycles. The molecule has 0 bridgehead atoms. The van der Waals surface area contributed by atoms with Crippen LogP contribution in [0.25, 0.3) is 17.0 Å². The standard InChI is InChI=1S/C13H14N2O/c1-4-9-6-5-7-10-8-11(13(16)14-2)15(3)12(9)10/h4-8H,1H2,2-3H3,(H,14,16). The molecular weight excluding hydrogens is 200 g/mol. The summed E-state index contributed by atoms with van der Waals surface area (Å²) in [5.74, 6) is -0.0753. The summed E-state index contributed by atoms with van der Waals surface area (Å²) in [6.07, 6.45) is 1.80. The van der Waals surface area contributed by atoms with Crippen molar-refractivity contribution < 1.29 is 4.79 Å². The van der Waals surface area contributed by atoms with Crippen molar-refractivity contribution in [3.8, 4) is 0 Å². The lowest BCUT2D eigenvalue weighted by atomic mass is 10.1. The van der Waals surface area contributed by atoms with Gasteiger partial charge in [-0.2, -0.15) is 0 Å². The molecule has 0 aliphatic rings. The largest absolute Gasteiger partial charge is 0.354 e. The number of nitrogens with one attached hydrogen (secondary N) is 1. The molecule has 1 aromatic heterocycles. The Kier molecular flexibility index (Phi) is 2.52.